The van der Waals surface area contributed by atoms with Gasteiger partial charge in [-0.2, -0.15) is 4.98 Å². The van der Waals surface area contributed by atoms with Crippen molar-refractivity contribution in [2.24, 2.45) is 0 Å². The molecule has 7 nitrogen and oxygen atoms in total. The topological polar surface area (TPSA) is 88.7 Å². The minimum absolute atomic E-state index is 0.179. The van der Waals surface area contributed by atoms with Gasteiger partial charge in [-0.25, -0.2) is 0 Å². The molecule has 0 aliphatic carbocycles. The van der Waals surface area contributed by atoms with Crippen LogP contribution in [0.25, 0.3) is 22.4 Å². The first-order valence-corrected chi connectivity index (χ1v) is 8.08. The van der Waals surface area contributed by atoms with Crippen molar-refractivity contribution in [2.45, 2.75) is 20.0 Å². The van der Waals surface area contributed by atoms with Crippen LogP contribution in [0.3, 0.4) is 0 Å². The Morgan fingerprint density at radius 2 is 2.16 bits per heavy atom. The van der Waals surface area contributed by atoms with Crippen molar-refractivity contribution in [3.8, 4) is 11.5 Å². The standard InChI is InChI=1S/C18H17N5O2/c1-2-23-9-5-8-15(23)17-21-16(25-22-17)11-20-18(24)13-10-19-14-7-4-3-6-12(13)14/h3-10,19H,2,11H2,1H3,(H,20,24). The van der Waals surface area contributed by atoms with Crippen LogP contribution in [0.1, 0.15) is 23.2 Å². The molecule has 1 aromatic carbocycles. The minimum atomic E-state index is -0.186. The van der Waals surface area contributed by atoms with Crippen molar-refractivity contribution in [1.82, 2.24) is 25.0 Å². The fourth-order valence-corrected chi connectivity index (χ4v) is 2.83. The van der Waals surface area contributed by atoms with Crippen molar-refractivity contribution >= 4 is 16.8 Å². The van der Waals surface area contributed by atoms with E-state index in [1.807, 2.05) is 54.1 Å². The molecule has 0 aliphatic rings. The largest absolute Gasteiger partial charge is 0.360 e. The van der Waals surface area contributed by atoms with Crippen LogP contribution in [-0.2, 0) is 13.1 Å². The Bertz CT molecular complexity index is 1030. The van der Waals surface area contributed by atoms with Gasteiger partial charge in [-0.3, -0.25) is 4.79 Å². The van der Waals surface area contributed by atoms with Gasteiger partial charge in [0.05, 0.1) is 17.8 Å². The van der Waals surface area contributed by atoms with Crippen LogP contribution in [0.5, 0.6) is 0 Å². The van der Waals surface area contributed by atoms with Crippen molar-refractivity contribution in [2.75, 3.05) is 0 Å². The normalized spacial score (nSPS) is 11.1. The molecule has 4 aromatic rings. The quantitative estimate of drug-likeness (QED) is 0.587. The number of benzene rings is 1. The van der Waals surface area contributed by atoms with E-state index in [0.29, 0.717) is 17.3 Å². The van der Waals surface area contributed by atoms with Crippen LogP contribution >= 0.6 is 0 Å². The number of aromatic nitrogens is 4. The van der Waals surface area contributed by atoms with Crippen LogP contribution in [-0.4, -0.2) is 25.6 Å². The second kappa shape index (κ2) is 6.27. The van der Waals surface area contributed by atoms with E-state index in [0.717, 1.165) is 23.1 Å². The molecule has 3 heterocycles. The lowest BCUT2D eigenvalue weighted by Crippen LogP contribution is -2.22. The number of fused-ring (bicyclic) bond motifs is 1. The van der Waals surface area contributed by atoms with E-state index >= 15 is 0 Å². The molecular weight excluding hydrogens is 318 g/mol. The summed E-state index contributed by atoms with van der Waals surface area (Å²) in [5, 5.41) is 7.69. The smallest absolute Gasteiger partial charge is 0.253 e. The number of carbonyl (C=O) groups excluding carboxylic acids is 1. The van der Waals surface area contributed by atoms with Crippen LogP contribution in [0.15, 0.2) is 53.3 Å². The van der Waals surface area contributed by atoms with E-state index in [-0.39, 0.29) is 12.5 Å². The maximum atomic E-state index is 12.4. The summed E-state index contributed by atoms with van der Waals surface area (Å²) in [5.41, 5.74) is 2.41. The summed E-state index contributed by atoms with van der Waals surface area (Å²) < 4.78 is 7.27. The van der Waals surface area contributed by atoms with Crippen molar-refractivity contribution in [3.63, 3.8) is 0 Å². The Labute approximate surface area is 143 Å². The third-order valence-electron chi connectivity index (χ3n) is 4.10. The Morgan fingerprint density at radius 1 is 1.28 bits per heavy atom. The van der Waals surface area contributed by atoms with E-state index in [1.54, 1.807) is 6.20 Å². The maximum Gasteiger partial charge on any atom is 0.253 e. The summed E-state index contributed by atoms with van der Waals surface area (Å²) in [7, 11) is 0. The lowest BCUT2D eigenvalue weighted by molar-refractivity contribution is 0.0948. The predicted molar refractivity (Wildman–Crippen MR) is 92.9 cm³/mol. The molecule has 0 atom stereocenters. The Balaban J connectivity index is 1.48. The molecule has 126 valence electrons. The first-order chi connectivity index (χ1) is 12.3. The summed E-state index contributed by atoms with van der Waals surface area (Å²) >= 11 is 0. The van der Waals surface area contributed by atoms with Gasteiger partial charge in [0.15, 0.2) is 0 Å². The number of aromatic amines is 1. The number of amides is 1. The highest BCUT2D eigenvalue weighted by atomic mass is 16.5. The summed E-state index contributed by atoms with van der Waals surface area (Å²) in [6, 6.07) is 11.5. The molecule has 0 saturated heterocycles. The lowest BCUT2D eigenvalue weighted by Gasteiger charge is -2.01. The van der Waals surface area contributed by atoms with Gasteiger partial charge < -0.3 is 19.4 Å². The Morgan fingerprint density at radius 3 is 3.04 bits per heavy atom. The van der Waals surface area contributed by atoms with Crippen molar-refractivity contribution in [1.29, 1.82) is 0 Å². The van der Waals surface area contributed by atoms with E-state index in [1.165, 1.54) is 0 Å². The van der Waals surface area contributed by atoms with Crippen molar-refractivity contribution in [3.05, 3.63) is 60.2 Å². The average Bonchev–Trinajstić information content (AvgIpc) is 3.37. The zero-order valence-corrected chi connectivity index (χ0v) is 13.7. The van der Waals surface area contributed by atoms with Gasteiger partial charge in [-0.15, -0.1) is 0 Å². The molecule has 0 unspecified atom stereocenters. The van der Waals surface area contributed by atoms with Crippen LogP contribution < -0.4 is 5.32 Å². The molecule has 0 spiro atoms. The number of para-hydroxylation sites is 1. The summed E-state index contributed by atoms with van der Waals surface area (Å²) in [5.74, 6) is 0.698. The molecule has 0 saturated carbocycles. The number of rotatable bonds is 5. The molecule has 0 radical (unpaired) electrons. The highest BCUT2D eigenvalue weighted by molar-refractivity contribution is 6.06. The van der Waals surface area contributed by atoms with Gasteiger partial charge in [0.2, 0.25) is 11.7 Å². The van der Waals surface area contributed by atoms with Gasteiger partial charge in [-0.05, 0) is 25.1 Å². The monoisotopic (exact) mass is 335 g/mol. The number of carbonyl (C=O) groups is 1. The van der Waals surface area contributed by atoms with Gasteiger partial charge >= 0.3 is 0 Å². The number of hydrogen-bond acceptors (Lipinski definition) is 4. The molecule has 3 aromatic heterocycles. The van der Waals surface area contributed by atoms with E-state index in [2.05, 4.69) is 20.4 Å². The first-order valence-electron chi connectivity index (χ1n) is 8.08. The lowest BCUT2D eigenvalue weighted by atomic mass is 10.1. The zero-order valence-electron chi connectivity index (χ0n) is 13.7. The number of aryl methyl sites for hydroxylation is 1. The number of H-pyrrole nitrogens is 1. The van der Waals surface area contributed by atoms with E-state index in [4.69, 9.17) is 4.52 Å². The highest BCUT2D eigenvalue weighted by Gasteiger charge is 2.15. The third kappa shape index (κ3) is 2.80. The molecule has 4 rings (SSSR count). The average molecular weight is 335 g/mol. The summed E-state index contributed by atoms with van der Waals surface area (Å²) in [6.45, 7) is 3.05. The Hall–Kier alpha value is -3.35. The fraction of sp³-hybridized carbons (Fsp3) is 0.167. The number of nitrogens with zero attached hydrogens (tertiary/aromatic N) is 3. The number of hydrogen-bond donors (Lipinski definition) is 2. The van der Waals surface area contributed by atoms with Gasteiger partial charge in [0.1, 0.15) is 0 Å². The van der Waals surface area contributed by atoms with Gasteiger partial charge in [0.25, 0.3) is 5.91 Å². The number of nitrogens with one attached hydrogen (secondary N) is 2. The molecule has 1 amide bonds. The van der Waals surface area contributed by atoms with E-state index in [9.17, 15) is 4.79 Å². The Kier molecular flexibility index (Phi) is 3.81. The molecule has 7 heteroatoms. The fourth-order valence-electron chi connectivity index (χ4n) is 2.83. The summed E-state index contributed by atoms with van der Waals surface area (Å²) in [4.78, 5) is 19.8. The maximum absolute atomic E-state index is 12.4. The van der Waals surface area contributed by atoms with E-state index < -0.39 is 0 Å². The second-order valence-electron chi connectivity index (χ2n) is 5.62. The second-order valence-corrected chi connectivity index (χ2v) is 5.62. The molecule has 2 N–H and O–H groups in total. The zero-order chi connectivity index (χ0) is 17.2. The highest BCUT2D eigenvalue weighted by Crippen LogP contribution is 2.18. The molecule has 25 heavy (non-hydrogen) atoms. The summed E-state index contributed by atoms with van der Waals surface area (Å²) in [6.07, 6.45) is 3.66. The minimum Gasteiger partial charge on any atom is -0.360 e. The molecule has 0 aliphatic heterocycles. The van der Waals surface area contributed by atoms with Crippen molar-refractivity contribution < 1.29 is 9.32 Å². The third-order valence-corrected chi connectivity index (χ3v) is 4.10. The molecule has 0 fully saturated rings. The van der Waals surface area contributed by atoms with Crippen LogP contribution in [0, 0.1) is 0 Å². The molecule has 0 bridgehead atoms. The SMILES string of the molecule is CCn1cccc1-c1noc(CNC(=O)c2c[nH]c3ccccc23)n1. The predicted octanol–water partition coefficient (Wildman–Crippen LogP) is 2.97. The molecular formula is C18H17N5O2. The van der Waals surface area contributed by atoms with Crippen LogP contribution in [0.4, 0.5) is 0 Å². The van der Waals surface area contributed by atoms with Gasteiger partial charge in [-0.1, -0.05) is 23.4 Å². The van der Waals surface area contributed by atoms with Crippen LogP contribution in [0.2, 0.25) is 0 Å². The first kappa shape index (κ1) is 15.2. The van der Waals surface area contributed by atoms with Gasteiger partial charge in [0, 0.05) is 29.8 Å².